The second-order valence-corrected chi connectivity index (χ2v) is 5.99. The summed E-state index contributed by atoms with van der Waals surface area (Å²) >= 11 is 7.27. The lowest BCUT2D eigenvalue weighted by molar-refractivity contribution is -0.149. The predicted molar refractivity (Wildman–Crippen MR) is 75.6 cm³/mol. The van der Waals surface area contributed by atoms with Gasteiger partial charge in [-0.25, -0.2) is 9.78 Å². The normalized spacial score (nSPS) is 18.8. The Balaban J connectivity index is 2.19. The van der Waals surface area contributed by atoms with Crippen molar-refractivity contribution in [3.63, 3.8) is 0 Å². The number of hydrogen-bond acceptors (Lipinski definition) is 6. The first kappa shape index (κ1) is 14.7. The minimum absolute atomic E-state index is 0.240. The summed E-state index contributed by atoms with van der Waals surface area (Å²) in [6, 6.07) is -0.433. The lowest BCUT2D eigenvalue weighted by Gasteiger charge is -2.26. The third kappa shape index (κ3) is 3.89. The van der Waals surface area contributed by atoms with Crippen molar-refractivity contribution in [3.8, 4) is 0 Å². The molecule has 0 saturated carbocycles. The second kappa shape index (κ2) is 7.19. The molecule has 1 aliphatic heterocycles. The maximum Gasteiger partial charge on any atom is 0.330 e. The van der Waals surface area contributed by atoms with Gasteiger partial charge in [0, 0.05) is 19.6 Å². The molecule has 1 aliphatic rings. The Morgan fingerprint density at radius 3 is 3.16 bits per heavy atom. The lowest BCUT2D eigenvalue weighted by Crippen LogP contribution is -2.37. The van der Waals surface area contributed by atoms with E-state index >= 15 is 0 Å². The molecule has 5 nitrogen and oxygen atoms in total. The Labute approximate surface area is 121 Å². The molecule has 1 aromatic heterocycles. The number of halogens is 1. The Hall–Kier alpha value is -0.690. The Morgan fingerprint density at radius 1 is 1.63 bits per heavy atom. The van der Waals surface area contributed by atoms with Crippen LogP contribution >= 0.6 is 22.9 Å². The molecule has 0 aromatic carbocycles. The van der Waals surface area contributed by atoms with E-state index in [1.54, 1.807) is 6.20 Å². The molecule has 0 radical (unpaired) electrons. The van der Waals surface area contributed by atoms with Gasteiger partial charge in [0.05, 0.1) is 12.8 Å². The number of ether oxygens (including phenoxy) is 1. The molecule has 1 aromatic rings. The van der Waals surface area contributed by atoms with Gasteiger partial charge in [0.1, 0.15) is 9.34 Å². The Bertz CT molecular complexity index is 419. The molecule has 2 rings (SSSR count). The molecule has 1 N–H and O–H groups in total. The summed E-state index contributed by atoms with van der Waals surface area (Å²) in [5.41, 5.74) is 0. The van der Waals surface area contributed by atoms with Gasteiger partial charge >= 0.3 is 5.97 Å². The first-order valence-corrected chi connectivity index (χ1v) is 7.64. The van der Waals surface area contributed by atoms with Gasteiger partial charge in [-0.3, -0.25) is 4.90 Å². The molecule has 1 saturated heterocycles. The van der Waals surface area contributed by atoms with Crippen molar-refractivity contribution in [1.82, 2.24) is 15.2 Å². The topological polar surface area (TPSA) is 54.5 Å². The minimum atomic E-state index is -0.433. The number of nitrogens with one attached hydrogen (secondary N) is 1. The summed E-state index contributed by atoms with van der Waals surface area (Å²) in [6.45, 7) is 5.70. The summed E-state index contributed by atoms with van der Waals surface area (Å²) < 4.78 is 5.78. The highest BCUT2D eigenvalue weighted by atomic mass is 35.5. The number of carbonyl (C=O) groups is 1. The average molecular weight is 304 g/mol. The van der Waals surface area contributed by atoms with E-state index in [4.69, 9.17) is 16.3 Å². The van der Waals surface area contributed by atoms with Crippen LogP contribution in [0.1, 0.15) is 24.4 Å². The molecule has 0 amide bonds. The number of nitrogens with zero attached hydrogens (tertiary/aromatic N) is 2. The van der Waals surface area contributed by atoms with Gasteiger partial charge in [0.15, 0.2) is 6.04 Å². The van der Waals surface area contributed by atoms with E-state index in [2.05, 4.69) is 15.2 Å². The van der Waals surface area contributed by atoms with E-state index in [-0.39, 0.29) is 5.97 Å². The van der Waals surface area contributed by atoms with E-state index in [1.165, 1.54) is 11.3 Å². The third-order valence-electron chi connectivity index (χ3n) is 2.98. The highest BCUT2D eigenvalue weighted by molar-refractivity contribution is 7.16. The predicted octanol–water partition coefficient (Wildman–Crippen LogP) is 1.70. The van der Waals surface area contributed by atoms with Crippen LogP contribution in [0.2, 0.25) is 4.34 Å². The van der Waals surface area contributed by atoms with Crippen molar-refractivity contribution >= 4 is 28.9 Å². The number of rotatable bonds is 4. The fourth-order valence-corrected chi connectivity index (χ4v) is 3.20. The first-order chi connectivity index (χ1) is 9.22. The van der Waals surface area contributed by atoms with Crippen LogP contribution in [0.15, 0.2) is 6.20 Å². The van der Waals surface area contributed by atoms with Crippen LogP contribution in [0.4, 0.5) is 0 Å². The molecule has 0 aliphatic carbocycles. The molecule has 19 heavy (non-hydrogen) atoms. The molecular weight excluding hydrogens is 286 g/mol. The summed E-state index contributed by atoms with van der Waals surface area (Å²) in [7, 11) is 0. The molecule has 7 heteroatoms. The minimum Gasteiger partial charge on any atom is -0.464 e. The van der Waals surface area contributed by atoms with Crippen LogP contribution < -0.4 is 5.32 Å². The quantitative estimate of drug-likeness (QED) is 0.858. The number of esters is 1. The van der Waals surface area contributed by atoms with Gasteiger partial charge in [-0.1, -0.05) is 11.6 Å². The second-order valence-electron chi connectivity index (χ2n) is 4.30. The summed E-state index contributed by atoms with van der Waals surface area (Å²) in [5, 5.41) is 4.04. The van der Waals surface area contributed by atoms with Crippen LogP contribution in [0, 0.1) is 0 Å². The molecule has 0 bridgehead atoms. The van der Waals surface area contributed by atoms with E-state index < -0.39 is 6.04 Å². The SMILES string of the molecule is CCOC(=O)C(c1ncc(Cl)s1)N1CCCNCC1. The van der Waals surface area contributed by atoms with Gasteiger partial charge in [-0.2, -0.15) is 0 Å². The van der Waals surface area contributed by atoms with Gasteiger partial charge in [-0.15, -0.1) is 11.3 Å². The maximum atomic E-state index is 12.2. The smallest absolute Gasteiger partial charge is 0.330 e. The fourth-order valence-electron chi connectivity index (χ4n) is 2.15. The summed E-state index contributed by atoms with van der Waals surface area (Å²) in [5.74, 6) is -0.240. The largest absolute Gasteiger partial charge is 0.464 e. The van der Waals surface area contributed by atoms with Crippen LogP contribution in [-0.2, 0) is 9.53 Å². The zero-order valence-electron chi connectivity index (χ0n) is 10.9. The van der Waals surface area contributed by atoms with Crippen molar-refractivity contribution in [2.45, 2.75) is 19.4 Å². The standard InChI is InChI=1S/C12H18ClN3O2S/c1-2-18-12(17)10(11-15-8-9(13)19-11)16-6-3-4-14-5-7-16/h8,10,14H,2-7H2,1H3. The van der Waals surface area contributed by atoms with E-state index in [9.17, 15) is 4.79 Å². The first-order valence-electron chi connectivity index (χ1n) is 6.45. The van der Waals surface area contributed by atoms with E-state index in [0.717, 1.165) is 32.6 Å². The van der Waals surface area contributed by atoms with Crippen molar-refractivity contribution in [1.29, 1.82) is 0 Å². The molecule has 106 valence electrons. The van der Waals surface area contributed by atoms with Crippen LogP contribution in [-0.4, -0.2) is 48.6 Å². The van der Waals surface area contributed by atoms with Gasteiger partial charge in [-0.05, 0) is 19.9 Å². The zero-order valence-corrected chi connectivity index (χ0v) is 12.5. The Morgan fingerprint density at radius 2 is 2.47 bits per heavy atom. The van der Waals surface area contributed by atoms with E-state index in [0.29, 0.717) is 16.0 Å². The van der Waals surface area contributed by atoms with Crippen LogP contribution in [0.25, 0.3) is 0 Å². The number of aromatic nitrogens is 1. The number of carbonyl (C=O) groups excluding carboxylic acids is 1. The lowest BCUT2D eigenvalue weighted by atomic mass is 10.2. The molecule has 1 atom stereocenters. The zero-order chi connectivity index (χ0) is 13.7. The summed E-state index contributed by atoms with van der Waals surface area (Å²) in [4.78, 5) is 18.6. The van der Waals surface area contributed by atoms with Crippen LogP contribution in [0.3, 0.4) is 0 Å². The van der Waals surface area contributed by atoms with Crippen molar-refractivity contribution in [2.75, 3.05) is 32.8 Å². The molecular formula is C12H18ClN3O2S. The summed E-state index contributed by atoms with van der Waals surface area (Å²) in [6.07, 6.45) is 2.60. The van der Waals surface area contributed by atoms with Crippen molar-refractivity contribution < 1.29 is 9.53 Å². The van der Waals surface area contributed by atoms with Gasteiger partial charge in [0.2, 0.25) is 0 Å². The van der Waals surface area contributed by atoms with Gasteiger partial charge in [0.25, 0.3) is 0 Å². The molecule has 0 spiro atoms. The molecule has 1 fully saturated rings. The highest BCUT2D eigenvalue weighted by Crippen LogP contribution is 2.29. The third-order valence-corrected chi connectivity index (χ3v) is 4.15. The average Bonchev–Trinajstić information content (AvgIpc) is 2.65. The Kier molecular flexibility index (Phi) is 5.57. The van der Waals surface area contributed by atoms with Crippen molar-refractivity contribution in [2.24, 2.45) is 0 Å². The van der Waals surface area contributed by atoms with Gasteiger partial charge < -0.3 is 10.1 Å². The number of thiazole rings is 1. The molecule has 1 unspecified atom stereocenters. The number of hydrogen-bond donors (Lipinski definition) is 1. The maximum absolute atomic E-state index is 12.2. The highest BCUT2D eigenvalue weighted by Gasteiger charge is 2.31. The van der Waals surface area contributed by atoms with Crippen LogP contribution in [0.5, 0.6) is 0 Å². The molecule has 2 heterocycles. The van der Waals surface area contributed by atoms with E-state index in [1.807, 2.05) is 6.92 Å². The monoisotopic (exact) mass is 303 g/mol. The fraction of sp³-hybridized carbons (Fsp3) is 0.667. The van der Waals surface area contributed by atoms with Crippen molar-refractivity contribution in [3.05, 3.63) is 15.5 Å².